The second-order valence-electron chi connectivity index (χ2n) is 3.81. The van der Waals surface area contributed by atoms with Gasteiger partial charge in [0, 0.05) is 19.5 Å². The molecule has 1 aliphatic rings. The number of likely N-dealkylation sites (tertiary alicyclic amines) is 1. The van der Waals surface area contributed by atoms with Crippen LogP contribution in [-0.2, 0) is 11.3 Å². The van der Waals surface area contributed by atoms with E-state index in [1.807, 2.05) is 21.7 Å². The van der Waals surface area contributed by atoms with Gasteiger partial charge in [-0.15, -0.1) is 0 Å². The lowest BCUT2D eigenvalue weighted by atomic mass is 10.2. The van der Waals surface area contributed by atoms with Crippen molar-refractivity contribution in [3.05, 3.63) is 22.4 Å². The van der Waals surface area contributed by atoms with Crippen LogP contribution >= 0.6 is 11.3 Å². The Morgan fingerprint density at radius 1 is 1.73 bits per heavy atom. The third-order valence-corrected chi connectivity index (χ3v) is 3.38. The smallest absolute Gasteiger partial charge is 0.234 e. The van der Waals surface area contributed by atoms with Crippen molar-refractivity contribution in [2.24, 2.45) is 5.73 Å². The summed E-state index contributed by atoms with van der Waals surface area (Å²) in [4.78, 5) is 12.9. The van der Waals surface area contributed by atoms with Crippen LogP contribution in [0.15, 0.2) is 16.8 Å². The number of rotatable bonds is 3. The van der Waals surface area contributed by atoms with Crippen LogP contribution in [-0.4, -0.2) is 29.6 Å². The molecule has 0 aliphatic carbocycles. The van der Waals surface area contributed by atoms with Crippen molar-refractivity contribution < 1.29 is 9.18 Å². The maximum Gasteiger partial charge on any atom is 0.234 e. The van der Waals surface area contributed by atoms with Crippen LogP contribution in [0.4, 0.5) is 4.39 Å². The van der Waals surface area contributed by atoms with E-state index >= 15 is 0 Å². The highest BCUT2D eigenvalue weighted by atomic mass is 32.1. The minimum Gasteiger partial charge on any atom is -0.368 e. The summed E-state index contributed by atoms with van der Waals surface area (Å²) in [7, 11) is 0. The number of primary amides is 1. The second-order valence-corrected chi connectivity index (χ2v) is 4.59. The van der Waals surface area contributed by atoms with Gasteiger partial charge in [0.1, 0.15) is 6.17 Å². The van der Waals surface area contributed by atoms with Crippen molar-refractivity contribution in [3.8, 4) is 0 Å². The number of thiophene rings is 1. The average Bonchev–Trinajstić information content (AvgIpc) is 2.75. The molecule has 0 unspecified atom stereocenters. The Labute approximate surface area is 91.7 Å². The zero-order chi connectivity index (χ0) is 10.8. The molecule has 2 atom stereocenters. The number of nitrogens with zero attached hydrogens (tertiary/aromatic N) is 1. The van der Waals surface area contributed by atoms with E-state index in [-0.39, 0.29) is 6.42 Å². The Hall–Kier alpha value is -0.940. The minimum absolute atomic E-state index is 0.236. The molecule has 0 spiro atoms. The fourth-order valence-corrected chi connectivity index (χ4v) is 2.60. The summed E-state index contributed by atoms with van der Waals surface area (Å²) >= 11 is 1.60. The highest BCUT2D eigenvalue weighted by Gasteiger charge is 2.35. The van der Waals surface area contributed by atoms with Gasteiger partial charge >= 0.3 is 0 Å². The summed E-state index contributed by atoms with van der Waals surface area (Å²) in [5.41, 5.74) is 6.35. The molecule has 3 nitrogen and oxygen atoms in total. The van der Waals surface area contributed by atoms with Crippen LogP contribution in [0.2, 0.25) is 0 Å². The van der Waals surface area contributed by atoms with Gasteiger partial charge in [-0.1, -0.05) is 0 Å². The molecule has 15 heavy (non-hydrogen) atoms. The maximum absolute atomic E-state index is 13.2. The molecule has 82 valence electrons. The number of hydrogen-bond donors (Lipinski definition) is 1. The van der Waals surface area contributed by atoms with Crippen LogP contribution < -0.4 is 5.73 Å². The van der Waals surface area contributed by atoms with Gasteiger partial charge < -0.3 is 5.73 Å². The van der Waals surface area contributed by atoms with Crippen molar-refractivity contribution in [3.63, 3.8) is 0 Å². The first-order valence-electron chi connectivity index (χ1n) is 4.85. The van der Waals surface area contributed by atoms with E-state index in [1.54, 1.807) is 11.3 Å². The minimum atomic E-state index is -0.930. The fourth-order valence-electron chi connectivity index (χ4n) is 1.94. The van der Waals surface area contributed by atoms with Crippen LogP contribution in [0, 0.1) is 0 Å². The third kappa shape index (κ3) is 2.35. The molecule has 2 heterocycles. The zero-order valence-corrected chi connectivity index (χ0v) is 9.04. The van der Waals surface area contributed by atoms with E-state index in [1.165, 1.54) is 0 Å². The lowest BCUT2D eigenvalue weighted by Crippen LogP contribution is -2.39. The monoisotopic (exact) mass is 228 g/mol. The van der Waals surface area contributed by atoms with Gasteiger partial charge in [0.15, 0.2) is 0 Å². The van der Waals surface area contributed by atoms with E-state index in [4.69, 9.17) is 5.73 Å². The summed E-state index contributed by atoms with van der Waals surface area (Å²) in [6.07, 6.45) is -0.694. The molecule has 1 aromatic rings. The molecule has 5 heteroatoms. The number of halogens is 1. The molecule has 0 saturated carbocycles. The Balaban J connectivity index is 2.04. The van der Waals surface area contributed by atoms with Gasteiger partial charge in [0.2, 0.25) is 5.91 Å². The number of carbonyl (C=O) groups is 1. The zero-order valence-electron chi connectivity index (χ0n) is 8.23. The van der Waals surface area contributed by atoms with E-state index < -0.39 is 18.1 Å². The van der Waals surface area contributed by atoms with E-state index in [0.717, 1.165) is 5.56 Å². The van der Waals surface area contributed by atoms with Crippen molar-refractivity contribution in [1.82, 2.24) is 4.90 Å². The van der Waals surface area contributed by atoms with Crippen molar-refractivity contribution in [2.45, 2.75) is 25.2 Å². The van der Waals surface area contributed by atoms with Gasteiger partial charge in [-0.3, -0.25) is 9.69 Å². The van der Waals surface area contributed by atoms with Gasteiger partial charge in [-0.05, 0) is 22.4 Å². The predicted molar refractivity (Wildman–Crippen MR) is 57.2 cm³/mol. The van der Waals surface area contributed by atoms with Crippen molar-refractivity contribution in [2.75, 3.05) is 6.54 Å². The summed E-state index contributed by atoms with van der Waals surface area (Å²) in [5.74, 6) is -0.426. The third-order valence-electron chi connectivity index (χ3n) is 2.65. The molecule has 0 radical (unpaired) electrons. The highest BCUT2D eigenvalue weighted by molar-refractivity contribution is 7.07. The lowest BCUT2D eigenvalue weighted by molar-refractivity contribution is -0.122. The van der Waals surface area contributed by atoms with Crippen molar-refractivity contribution in [1.29, 1.82) is 0 Å². The number of nitrogens with two attached hydrogens (primary N) is 1. The van der Waals surface area contributed by atoms with Gasteiger partial charge in [0.05, 0.1) is 6.04 Å². The average molecular weight is 228 g/mol. The normalized spacial score (nSPS) is 27.0. The summed E-state index contributed by atoms with van der Waals surface area (Å²) in [6, 6.07) is 1.54. The molecular formula is C10H13FN2OS. The first-order valence-corrected chi connectivity index (χ1v) is 5.79. The lowest BCUT2D eigenvalue weighted by Gasteiger charge is -2.20. The summed E-state index contributed by atoms with van der Waals surface area (Å²) < 4.78 is 13.2. The largest absolute Gasteiger partial charge is 0.368 e. The van der Waals surface area contributed by atoms with Gasteiger partial charge in [-0.2, -0.15) is 11.3 Å². The molecule has 1 aliphatic heterocycles. The SMILES string of the molecule is NC(=O)[C@@H]1C[C@@H](F)CN1Cc1ccsc1. The van der Waals surface area contributed by atoms with Crippen LogP contribution in [0.25, 0.3) is 0 Å². The molecular weight excluding hydrogens is 215 g/mol. The van der Waals surface area contributed by atoms with E-state index in [0.29, 0.717) is 13.1 Å². The first kappa shape index (κ1) is 10.6. The van der Waals surface area contributed by atoms with Gasteiger partial charge in [0.25, 0.3) is 0 Å². The maximum atomic E-state index is 13.2. The Morgan fingerprint density at radius 2 is 2.53 bits per heavy atom. The number of amides is 1. The van der Waals surface area contributed by atoms with Crippen LogP contribution in [0.5, 0.6) is 0 Å². The molecule has 1 aromatic heterocycles. The number of hydrogen-bond acceptors (Lipinski definition) is 3. The van der Waals surface area contributed by atoms with Crippen LogP contribution in [0.3, 0.4) is 0 Å². The molecule has 2 rings (SSSR count). The summed E-state index contributed by atoms with van der Waals surface area (Å²) in [5, 5.41) is 3.97. The standard InChI is InChI=1S/C10H13FN2OS/c11-8-3-9(10(12)14)13(5-8)4-7-1-2-15-6-7/h1-2,6,8-9H,3-5H2,(H2,12,14)/t8-,9+/m1/s1. The molecule has 0 bridgehead atoms. The Bertz CT molecular complexity index is 341. The molecule has 1 fully saturated rings. The second kappa shape index (κ2) is 4.28. The summed E-state index contributed by atoms with van der Waals surface area (Å²) in [6.45, 7) is 0.918. The Kier molecular flexibility index (Phi) is 3.02. The molecule has 2 N–H and O–H groups in total. The topological polar surface area (TPSA) is 46.3 Å². The number of carbonyl (C=O) groups excluding carboxylic acids is 1. The van der Waals surface area contributed by atoms with E-state index in [9.17, 15) is 9.18 Å². The Morgan fingerprint density at radius 3 is 3.13 bits per heavy atom. The first-order chi connectivity index (χ1) is 7.16. The molecule has 1 amide bonds. The number of alkyl halides is 1. The van der Waals surface area contributed by atoms with Gasteiger partial charge in [-0.25, -0.2) is 4.39 Å². The quantitative estimate of drug-likeness (QED) is 0.843. The molecule has 1 saturated heterocycles. The fraction of sp³-hybridized carbons (Fsp3) is 0.500. The predicted octanol–water partition coefficient (Wildman–Crippen LogP) is 1.15. The van der Waals surface area contributed by atoms with Crippen molar-refractivity contribution >= 4 is 17.2 Å². The molecule has 0 aromatic carbocycles. The highest BCUT2D eigenvalue weighted by Crippen LogP contribution is 2.23. The van der Waals surface area contributed by atoms with Crippen LogP contribution in [0.1, 0.15) is 12.0 Å². The van der Waals surface area contributed by atoms with E-state index in [2.05, 4.69) is 0 Å².